The third-order valence-electron chi connectivity index (χ3n) is 5.70. The lowest BCUT2D eigenvalue weighted by molar-refractivity contribution is -0.131. The van der Waals surface area contributed by atoms with Gasteiger partial charge in [-0.1, -0.05) is 42.0 Å². The van der Waals surface area contributed by atoms with E-state index in [1.54, 1.807) is 6.20 Å². The van der Waals surface area contributed by atoms with Crippen LogP contribution in [0.5, 0.6) is 0 Å². The Labute approximate surface area is 182 Å². The number of rotatable bonds is 6. The van der Waals surface area contributed by atoms with E-state index in [0.717, 1.165) is 49.5 Å². The van der Waals surface area contributed by atoms with Gasteiger partial charge in [-0.3, -0.25) is 9.69 Å². The number of amides is 1. The molecule has 2 heterocycles. The molecule has 0 N–H and O–H groups in total. The zero-order valence-electron chi connectivity index (χ0n) is 17.9. The van der Waals surface area contributed by atoms with Crippen molar-refractivity contribution in [3.8, 4) is 11.3 Å². The maximum atomic E-state index is 13.1. The van der Waals surface area contributed by atoms with Crippen molar-refractivity contribution in [1.82, 2.24) is 14.8 Å². The molecule has 3 aromatic rings. The first-order chi connectivity index (χ1) is 15.1. The van der Waals surface area contributed by atoms with Crippen LogP contribution in [0.15, 0.2) is 59.1 Å². The minimum absolute atomic E-state index is 0.138. The molecule has 0 radical (unpaired) electrons. The summed E-state index contributed by atoms with van der Waals surface area (Å²) in [5, 5.41) is 0. The molecular weight excluding hydrogens is 393 g/mol. The van der Waals surface area contributed by atoms with Gasteiger partial charge in [0.15, 0.2) is 11.7 Å². The van der Waals surface area contributed by atoms with Crippen LogP contribution in [0.25, 0.3) is 11.3 Å². The van der Waals surface area contributed by atoms with Crippen molar-refractivity contribution in [2.45, 2.75) is 32.7 Å². The van der Waals surface area contributed by atoms with Crippen molar-refractivity contribution < 1.29 is 13.6 Å². The lowest BCUT2D eigenvalue weighted by atomic mass is 10.1. The largest absolute Gasteiger partial charge is 0.441 e. The third-order valence-corrected chi connectivity index (χ3v) is 5.70. The molecule has 1 aromatic heterocycles. The number of hydrogen-bond donors (Lipinski definition) is 0. The fraction of sp³-hybridized carbons (Fsp3) is 0.360. The molecule has 1 amide bonds. The van der Waals surface area contributed by atoms with Crippen molar-refractivity contribution in [1.29, 1.82) is 0 Å². The van der Waals surface area contributed by atoms with Gasteiger partial charge in [-0.2, -0.15) is 0 Å². The molecule has 0 aliphatic carbocycles. The Bertz CT molecular complexity index is 998. The number of carbonyl (C=O) groups excluding carboxylic acids is 1. The quantitative estimate of drug-likeness (QED) is 0.590. The first kappa shape index (κ1) is 21.2. The monoisotopic (exact) mass is 421 g/mol. The Morgan fingerprint density at radius 1 is 1.03 bits per heavy atom. The Hall–Kier alpha value is -2.99. The van der Waals surface area contributed by atoms with Crippen molar-refractivity contribution >= 4 is 5.91 Å². The Morgan fingerprint density at radius 3 is 2.58 bits per heavy atom. The molecule has 2 aromatic carbocycles. The van der Waals surface area contributed by atoms with Gasteiger partial charge in [0.25, 0.3) is 0 Å². The lowest BCUT2D eigenvalue weighted by Crippen LogP contribution is -2.35. The fourth-order valence-electron chi connectivity index (χ4n) is 3.88. The van der Waals surface area contributed by atoms with Gasteiger partial charge in [-0.15, -0.1) is 0 Å². The van der Waals surface area contributed by atoms with E-state index < -0.39 is 0 Å². The van der Waals surface area contributed by atoms with E-state index in [2.05, 4.69) is 9.88 Å². The maximum Gasteiger partial charge on any atom is 0.223 e. The molecular formula is C25H28FN3O2. The molecule has 1 saturated heterocycles. The van der Waals surface area contributed by atoms with Gasteiger partial charge in [-0.05, 0) is 31.0 Å². The summed E-state index contributed by atoms with van der Waals surface area (Å²) in [7, 11) is 0. The standard InChI is InChI=1S/C25H28FN3O2/c1-19-3-7-21(8-4-19)23-17-27-24(31-23)11-12-25(30)29-14-2-13-28(15-16-29)18-20-5-9-22(26)10-6-20/h3-10,17H,2,11-16,18H2,1H3. The number of benzene rings is 2. The second kappa shape index (κ2) is 9.88. The normalized spacial score (nSPS) is 15.1. The van der Waals surface area contributed by atoms with Crippen molar-refractivity contribution in [2.24, 2.45) is 0 Å². The Kier molecular flexibility index (Phi) is 6.77. The summed E-state index contributed by atoms with van der Waals surface area (Å²) < 4.78 is 18.9. The van der Waals surface area contributed by atoms with Crippen molar-refractivity contribution in [3.63, 3.8) is 0 Å². The highest BCUT2D eigenvalue weighted by atomic mass is 19.1. The summed E-state index contributed by atoms with van der Waals surface area (Å²) >= 11 is 0. The van der Waals surface area contributed by atoms with Crippen molar-refractivity contribution in [3.05, 3.63) is 77.6 Å². The van der Waals surface area contributed by atoms with E-state index in [1.165, 1.54) is 17.7 Å². The molecule has 162 valence electrons. The van der Waals surface area contributed by atoms with Gasteiger partial charge in [0, 0.05) is 51.1 Å². The van der Waals surface area contributed by atoms with Gasteiger partial charge in [0.2, 0.25) is 5.91 Å². The summed E-state index contributed by atoms with van der Waals surface area (Å²) in [6, 6.07) is 14.7. The summed E-state index contributed by atoms with van der Waals surface area (Å²) in [5.41, 5.74) is 3.28. The van der Waals surface area contributed by atoms with Crippen LogP contribution in [0.2, 0.25) is 0 Å². The molecule has 1 fully saturated rings. The molecule has 0 saturated carbocycles. The summed E-state index contributed by atoms with van der Waals surface area (Å²) in [6.07, 6.45) is 3.56. The molecule has 0 bridgehead atoms. The molecule has 1 aliphatic heterocycles. The minimum Gasteiger partial charge on any atom is -0.441 e. The van der Waals surface area contributed by atoms with Crippen LogP contribution >= 0.6 is 0 Å². The number of halogens is 1. The number of aromatic nitrogens is 1. The van der Waals surface area contributed by atoms with Gasteiger partial charge < -0.3 is 9.32 Å². The third kappa shape index (κ3) is 5.79. The molecule has 6 heteroatoms. The number of oxazole rings is 1. The van der Waals surface area contributed by atoms with Gasteiger partial charge >= 0.3 is 0 Å². The number of hydrogen-bond acceptors (Lipinski definition) is 4. The van der Waals surface area contributed by atoms with E-state index in [-0.39, 0.29) is 11.7 Å². The van der Waals surface area contributed by atoms with Crippen LogP contribution in [-0.4, -0.2) is 46.9 Å². The predicted molar refractivity (Wildman–Crippen MR) is 118 cm³/mol. The number of carbonyl (C=O) groups is 1. The summed E-state index contributed by atoms with van der Waals surface area (Å²) in [5.74, 6) is 1.25. The summed E-state index contributed by atoms with van der Waals surface area (Å²) in [6.45, 7) is 6.05. The van der Waals surface area contributed by atoms with Crippen LogP contribution in [0.4, 0.5) is 4.39 Å². The Morgan fingerprint density at radius 2 is 1.81 bits per heavy atom. The van der Waals surface area contributed by atoms with Gasteiger partial charge in [0.05, 0.1) is 6.20 Å². The zero-order chi connectivity index (χ0) is 21.6. The van der Waals surface area contributed by atoms with Crippen LogP contribution in [0, 0.1) is 12.7 Å². The lowest BCUT2D eigenvalue weighted by Gasteiger charge is -2.22. The van der Waals surface area contributed by atoms with E-state index in [4.69, 9.17) is 4.42 Å². The number of aryl methyl sites for hydroxylation is 2. The van der Waals surface area contributed by atoms with E-state index in [1.807, 2.05) is 48.2 Å². The molecule has 1 aliphatic rings. The molecule has 4 rings (SSSR count). The molecule has 5 nitrogen and oxygen atoms in total. The SMILES string of the molecule is Cc1ccc(-c2cnc(CCC(=O)N3CCCN(Cc4ccc(F)cc4)CC3)o2)cc1. The smallest absolute Gasteiger partial charge is 0.223 e. The topological polar surface area (TPSA) is 49.6 Å². The van der Waals surface area contributed by atoms with Crippen LogP contribution < -0.4 is 0 Å². The van der Waals surface area contributed by atoms with Crippen LogP contribution in [0.3, 0.4) is 0 Å². The number of nitrogens with zero attached hydrogens (tertiary/aromatic N) is 3. The molecule has 31 heavy (non-hydrogen) atoms. The predicted octanol–water partition coefficient (Wildman–Crippen LogP) is 4.46. The molecule has 0 atom stereocenters. The summed E-state index contributed by atoms with van der Waals surface area (Å²) in [4.78, 5) is 21.3. The van der Waals surface area contributed by atoms with Crippen molar-refractivity contribution in [2.75, 3.05) is 26.2 Å². The first-order valence-electron chi connectivity index (χ1n) is 10.8. The Balaban J connectivity index is 1.26. The highest BCUT2D eigenvalue weighted by Crippen LogP contribution is 2.21. The van der Waals surface area contributed by atoms with Gasteiger partial charge in [-0.25, -0.2) is 9.37 Å². The van der Waals surface area contributed by atoms with Crippen LogP contribution in [0.1, 0.15) is 29.9 Å². The van der Waals surface area contributed by atoms with E-state index >= 15 is 0 Å². The van der Waals surface area contributed by atoms with Crippen LogP contribution in [-0.2, 0) is 17.8 Å². The second-order valence-corrected chi connectivity index (χ2v) is 8.12. The van der Waals surface area contributed by atoms with Gasteiger partial charge in [0.1, 0.15) is 5.82 Å². The maximum absolute atomic E-state index is 13.1. The zero-order valence-corrected chi connectivity index (χ0v) is 17.9. The van der Waals surface area contributed by atoms with E-state index in [0.29, 0.717) is 25.3 Å². The highest BCUT2D eigenvalue weighted by molar-refractivity contribution is 5.76. The molecule has 0 spiro atoms. The average molecular weight is 422 g/mol. The second-order valence-electron chi connectivity index (χ2n) is 8.12. The highest BCUT2D eigenvalue weighted by Gasteiger charge is 2.20. The molecule has 0 unspecified atom stereocenters. The van der Waals surface area contributed by atoms with E-state index in [9.17, 15) is 9.18 Å². The average Bonchev–Trinajstić information content (AvgIpc) is 3.13. The minimum atomic E-state index is -0.214. The fourth-order valence-corrected chi connectivity index (χ4v) is 3.88. The first-order valence-corrected chi connectivity index (χ1v) is 10.8.